The van der Waals surface area contributed by atoms with Crippen LogP contribution in [-0.2, 0) is 16.4 Å². The molecule has 0 aliphatic carbocycles. The Bertz CT molecular complexity index is 953. The summed E-state index contributed by atoms with van der Waals surface area (Å²) in [7, 11) is -3.38. The second kappa shape index (κ2) is 8.06. The SMILES string of the molecule is Cc1cccc(Nc2ccc(NS(=O)(=O)CCc3ccccc3)cc2)c1. The molecule has 5 heteroatoms. The fourth-order valence-electron chi connectivity index (χ4n) is 2.64. The highest BCUT2D eigenvalue weighted by Crippen LogP contribution is 2.20. The third-order valence-electron chi connectivity index (χ3n) is 3.97. The molecule has 0 saturated heterocycles. The first-order chi connectivity index (χ1) is 12.5. The van der Waals surface area contributed by atoms with Crippen molar-refractivity contribution in [3.63, 3.8) is 0 Å². The number of hydrogen-bond donors (Lipinski definition) is 2. The molecule has 26 heavy (non-hydrogen) atoms. The van der Waals surface area contributed by atoms with Crippen molar-refractivity contribution in [3.05, 3.63) is 90.0 Å². The number of aryl methyl sites for hydroxylation is 2. The lowest BCUT2D eigenvalue weighted by atomic mass is 10.2. The molecule has 0 amide bonds. The highest BCUT2D eigenvalue weighted by Gasteiger charge is 2.10. The first-order valence-electron chi connectivity index (χ1n) is 8.48. The van der Waals surface area contributed by atoms with E-state index in [1.165, 1.54) is 5.56 Å². The van der Waals surface area contributed by atoms with Gasteiger partial charge in [-0.05, 0) is 60.9 Å². The largest absolute Gasteiger partial charge is 0.356 e. The molecule has 0 aromatic heterocycles. The highest BCUT2D eigenvalue weighted by molar-refractivity contribution is 7.92. The molecule has 3 aromatic rings. The van der Waals surface area contributed by atoms with E-state index in [0.717, 1.165) is 16.9 Å². The molecule has 0 aliphatic rings. The fraction of sp³-hybridized carbons (Fsp3) is 0.143. The first kappa shape index (κ1) is 18.0. The summed E-state index contributed by atoms with van der Waals surface area (Å²) in [6, 6.07) is 24.9. The maximum atomic E-state index is 12.3. The number of anilines is 3. The molecular formula is C21H22N2O2S. The van der Waals surface area contributed by atoms with Crippen LogP contribution in [0.2, 0.25) is 0 Å². The van der Waals surface area contributed by atoms with Crippen LogP contribution in [0.1, 0.15) is 11.1 Å². The highest BCUT2D eigenvalue weighted by atomic mass is 32.2. The molecule has 0 heterocycles. The molecule has 0 bridgehead atoms. The fourth-order valence-corrected chi connectivity index (χ4v) is 3.74. The van der Waals surface area contributed by atoms with Crippen molar-refractivity contribution in [1.29, 1.82) is 0 Å². The van der Waals surface area contributed by atoms with Gasteiger partial charge in [-0.15, -0.1) is 0 Å². The van der Waals surface area contributed by atoms with Crippen molar-refractivity contribution in [1.82, 2.24) is 0 Å². The van der Waals surface area contributed by atoms with E-state index >= 15 is 0 Å². The molecule has 2 N–H and O–H groups in total. The van der Waals surface area contributed by atoms with Gasteiger partial charge >= 0.3 is 0 Å². The van der Waals surface area contributed by atoms with E-state index in [-0.39, 0.29) is 5.75 Å². The van der Waals surface area contributed by atoms with E-state index in [0.29, 0.717) is 12.1 Å². The third-order valence-corrected chi connectivity index (χ3v) is 5.26. The Morgan fingerprint density at radius 1 is 0.769 bits per heavy atom. The van der Waals surface area contributed by atoms with Gasteiger partial charge in [-0.1, -0.05) is 42.5 Å². The molecule has 3 aromatic carbocycles. The topological polar surface area (TPSA) is 58.2 Å². The van der Waals surface area contributed by atoms with Crippen LogP contribution in [0.5, 0.6) is 0 Å². The van der Waals surface area contributed by atoms with Crippen LogP contribution >= 0.6 is 0 Å². The van der Waals surface area contributed by atoms with E-state index in [4.69, 9.17) is 0 Å². The molecule has 4 nitrogen and oxygen atoms in total. The normalized spacial score (nSPS) is 11.1. The summed E-state index contributed by atoms with van der Waals surface area (Å²) < 4.78 is 27.2. The Hall–Kier alpha value is -2.79. The predicted octanol–water partition coefficient (Wildman–Crippen LogP) is 4.72. The van der Waals surface area contributed by atoms with E-state index < -0.39 is 10.0 Å². The number of nitrogens with one attached hydrogen (secondary N) is 2. The van der Waals surface area contributed by atoms with Crippen molar-refractivity contribution in [2.75, 3.05) is 15.8 Å². The molecule has 134 valence electrons. The van der Waals surface area contributed by atoms with Crippen molar-refractivity contribution in [2.45, 2.75) is 13.3 Å². The smallest absolute Gasteiger partial charge is 0.233 e. The van der Waals surface area contributed by atoms with Gasteiger partial charge in [0.2, 0.25) is 10.0 Å². The number of hydrogen-bond acceptors (Lipinski definition) is 3. The summed E-state index contributed by atoms with van der Waals surface area (Å²) in [5.74, 6) is 0.0559. The molecule has 0 unspecified atom stereocenters. The van der Waals surface area contributed by atoms with Crippen LogP contribution in [-0.4, -0.2) is 14.2 Å². The van der Waals surface area contributed by atoms with Gasteiger partial charge in [-0.25, -0.2) is 8.42 Å². The van der Waals surface area contributed by atoms with Crippen LogP contribution in [0, 0.1) is 6.92 Å². The number of sulfonamides is 1. The second-order valence-electron chi connectivity index (χ2n) is 6.23. The van der Waals surface area contributed by atoms with Gasteiger partial charge in [0.05, 0.1) is 5.75 Å². The lowest BCUT2D eigenvalue weighted by molar-refractivity contribution is 0.600. The van der Waals surface area contributed by atoms with Gasteiger partial charge < -0.3 is 5.32 Å². The molecule has 3 rings (SSSR count). The van der Waals surface area contributed by atoms with E-state index in [1.807, 2.05) is 67.6 Å². The Kier molecular flexibility index (Phi) is 5.58. The van der Waals surface area contributed by atoms with Gasteiger partial charge in [0, 0.05) is 17.1 Å². The van der Waals surface area contributed by atoms with Crippen LogP contribution in [0.3, 0.4) is 0 Å². The van der Waals surface area contributed by atoms with Crippen molar-refractivity contribution in [2.24, 2.45) is 0 Å². The molecule has 0 radical (unpaired) electrons. The van der Waals surface area contributed by atoms with Gasteiger partial charge in [-0.2, -0.15) is 0 Å². The lowest BCUT2D eigenvalue weighted by Gasteiger charge is -2.10. The minimum absolute atomic E-state index is 0.0559. The third kappa shape index (κ3) is 5.36. The first-order valence-corrected chi connectivity index (χ1v) is 10.1. The maximum Gasteiger partial charge on any atom is 0.233 e. The average molecular weight is 366 g/mol. The van der Waals surface area contributed by atoms with Crippen molar-refractivity contribution in [3.8, 4) is 0 Å². The Balaban J connectivity index is 1.59. The Labute approximate surface area is 155 Å². The van der Waals surface area contributed by atoms with Gasteiger partial charge in [0.15, 0.2) is 0 Å². The van der Waals surface area contributed by atoms with E-state index in [2.05, 4.69) is 16.1 Å². The maximum absolute atomic E-state index is 12.3. The summed E-state index contributed by atoms with van der Waals surface area (Å²) in [5.41, 5.74) is 4.66. The minimum atomic E-state index is -3.38. The molecule has 0 fully saturated rings. The standard InChI is InChI=1S/C21H22N2O2S/c1-17-6-5-9-21(16-17)22-19-10-12-20(13-11-19)23-26(24,25)15-14-18-7-3-2-4-8-18/h2-13,16,22-23H,14-15H2,1H3. The van der Waals surface area contributed by atoms with E-state index in [9.17, 15) is 8.42 Å². The van der Waals surface area contributed by atoms with Crippen LogP contribution in [0.25, 0.3) is 0 Å². The summed E-state index contributed by atoms with van der Waals surface area (Å²) in [4.78, 5) is 0. The van der Waals surface area contributed by atoms with Crippen LogP contribution < -0.4 is 10.0 Å². The Morgan fingerprint density at radius 2 is 1.46 bits per heavy atom. The zero-order valence-electron chi connectivity index (χ0n) is 14.6. The molecular weight excluding hydrogens is 344 g/mol. The van der Waals surface area contributed by atoms with Gasteiger partial charge in [0.1, 0.15) is 0 Å². The number of benzene rings is 3. The quantitative estimate of drug-likeness (QED) is 0.636. The molecule has 0 aliphatic heterocycles. The summed E-state index contributed by atoms with van der Waals surface area (Å²) in [5, 5.41) is 3.30. The van der Waals surface area contributed by atoms with Crippen LogP contribution in [0.15, 0.2) is 78.9 Å². The second-order valence-corrected chi connectivity index (χ2v) is 8.07. The summed E-state index contributed by atoms with van der Waals surface area (Å²) >= 11 is 0. The minimum Gasteiger partial charge on any atom is -0.356 e. The average Bonchev–Trinajstić information content (AvgIpc) is 2.63. The lowest BCUT2D eigenvalue weighted by Crippen LogP contribution is -2.18. The zero-order chi connectivity index (χ0) is 18.4. The molecule has 0 saturated carbocycles. The summed E-state index contributed by atoms with van der Waals surface area (Å²) in [6.07, 6.45) is 0.489. The van der Waals surface area contributed by atoms with Gasteiger partial charge in [0.25, 0.3) is 0 Å². The Morgan fingerprint density at radius 3 is 2.15 bits per heavy atom. The van der Waals surface area contributed by atoms with Crippen LogP contribution in [0.4, 0.5) is 17.1 Å². The number of rotatable bonds is 7. The van der Waals surface area contributed by atoms with Gasteiger partial charge in [-0.3, -0.25) is 4.72 Å². The monoisotopic (exact) mass is 366 g/mol. The van der Waals surface area contributed by atoms with Crippen molar-refractivity contribution >= 4 is 27.1 Å². The van der Waals surface area contributed by atoms with E-state index in [1.54, 1.807) is 12.1 Å². The molecule has 0 atom stereocenters. The zero-order valence-corrected chi connectivity index (χ0v) is 15.5. The molecule has 0 spiro atoms. The van der Waals surface area contributed by atoms with Crippen molar-refractivity contribution < 1.29 is 8.42 Å². The predicted molar refractivity (Wildman–Crippen MR) is 108 cm³/mol. The summed E-state index contributed by atoms with van der Waals surface area (Å²) in [6.45, 7) is 2.04.